The Hall–Kier alpha value is -1.59. The lowest BCUT2D eigenvalue weighted by atomic mass is 9.89. The van der Waals surface area contributed by atoms with Gasteiger partial charge in [0.25, 0.3) is 0 Å². The van der Waals surface area contributed by atoms with Crippen LogP contribution in [0.3, 0.4) is 0 Å². The molecule has 17 heavy (non-hydrogen) atoms. The highest BCUT2D eigenvalue weighted by Crippen LogP contribution is 2.19. The maximum Gasteiger partial charge on any atom is 0.321 e. The Balaban J connectivity index is 4.02. The van der Waals surface area contributed by atoms with Crippen molar-refractivity contribution in [1.29, 1.82) is 0 Å². The molecule has 0 heterocycles. The number of carbonyl (C=O) groups excluding carboxylic acids is 2. The van der Waals surface area contributed by atoms with E-state index in [1.165, 1.54) is 13.8 Å². The number of hydrogen-bond donors (Lipinski definition) is 3. The Bertz CT molecular complexity index is 300. The molecule has 0 aromatic rings. The molecule has 0 bridgehead atoms. The molecule has 0 saturated carbocycles. The summed E-state index contributed by atoms with van der Waals surface area (Å²) in [5, 5.41) is 13.4. The highest BCUT2D eigenvalue weighted by atomic mass is 16.4. The minimum Gasteiger partial charge on any atom is -0.481 e. The normalized spacial score (nSPS) is 10.8. The summed E-state index contributed by atoms with van der Waals surface area (Å²) in [5.74, 6) is -1.66. The van der Waals surface area contributed by atoms with Gasteiger partial charge in [0, 0.05) is 13.0 Å². The van der Waals surface area contributed by atoms with Crippen LogP contribution in [0.5, 0.6) is 0 Å². The van der Waals surface area contributed by atoms with E-state index in [-0.39, 0.29) is 6.42 Å². The van der Waals surface area contributed by atoms with Crippen molar-refractivity contribution in [3.63, 3.8) is 0 Å². The topological polar surface area (TPSA) is 95.5 Å². The van der Waals surface area contributed by atoms with Gasteiger partial charge in [0.15, 0.2) is 0 Å². The SMILES string of the molecule is CCCCNC(=O)NC(=O)CC(C)(C)C(=O)O. The molecule has 0 fully saturated rings. The molecule has 0 saturated heterocycles. The third-order valence-electron chi connectivity index (χ3n) is 2.25. The summed E-state index contributed by atoms with van der Waals surface area (Å²) < 4.78 is 0. The molecule has 0 unspecified atom stereocenters. The van der Waals surface area contributed by atoms with Crippen LogP contribution in [0, 0.1) is 5.41 Å². The zero-order valence-corrected chi connectivity index (χ0v) is 10.5. The lowest BCUT2D eigenvalue weighted by Crippen LogP contribution is -2.42. The maximum absolute atomic E-state index is 11.4. The standard InChI is InChI=1S/C11H20N2O4/c1-4-5-6-12-10(17)13-8(14)7-11(2,3)9(15)16/h4-7H2,1-3H3,(H,15,16)(H2,12,13,14,17). The average Bonchev–Trinajstić information content (AvgIpc) is 2.16. The lowest BCUT2D eigenvalue weighted by molar-refractivity contribution is -0.149. The molecule has 6 heteroatoms. The maximum atomic E-state index is 11.4. The van der Waals surface area contributed by atoms with Gasteiger partial charge in [-0.1, -0.05) is 13.3 Å². The number of carboxylic acid groups (broad SMARTS) is 1. The predicted octanol–water partition coefficient (Wildman–Crippen LogP) is 1.11. The Kier molecular flexibility index (Phi) is 6.23. The van der Waals surface area contributed by atoms with E-state index < -0.39 is 23.3 Å². The van der Waals surface area contributed by atoms with Gasteiger partial charge < -0.3 is 10.4 Å². The van der Waals surface area contributed by atoms with Crippen LogP contribution >= 0.6 is 0 Å². The zero-order chi connectivity index (χ0) is 13.5. The van der Waals surface area contributed by atoms with Crippen LogP contribution in [0.25, 0.3) is 0 Å². The van der Waals surface area contributed by atoms with Crippen LogP contribution in [0.4, 0.5) is 4.79 Å². The number of aliphatic carboxylic acids is 1. The van der Waals surface area contributed by atoms with Crippen LogP contribution in [-0.2, 0) is 9.59 Å². The molecule has 0 atom stereocenters. The summed E-state index contributed by atoms with van der Waals surface area (Å²) in [5.41, 5.74) is -1.17. The molecule has 0 radical (unpaired) electrons. The van der Waals surface area contributed by atoms with Crippen molar-refractivity contribution in [2.75, 3.05) is 6.54 Å². The van der Waals surface area contributed by atoms with Crippen LogP contribution in [-0.4, -0.2) is 29.6 Å². The molecular formula is C11H20N2O4. The Morgan fingerprint density at radius 1 is 1.24 bits per heavy atom. The molecule has 0 aliphatic carbocycles. The Labute approximate surface area is 101 Å². The van der Waals surface area contributed by atoms with Gasteiger partial charge >= 0.3 is 12.0 Å². The zero-order valence-electron chi connectivity index (χ0n) is 10.5. The third-order valence-corrected chi connectivity index (χ3v) is 2.25. The predicted molar refractivity (Wildman–Crippen MR) is 62.5 cm³/mol. The van der Waals surface area contributed by atoms with Crippen molar-refractivity contribution >= 4 is 17.9 Å². The molecule has 3 amide bonds. The minimum absolute atomic E-state index is 0.233. The number of unbranched alkanes of at least 4 members (excludes halogenated alkanes) is 1. The van der Waals surface area contributed by atoms with Crippen LogP contribution < -0.4 is 10.6 Å². The largest absolute Gasteiger partial charge is 0.481 e. The number of imide groups is 1. The van der Waals surface area contributed by atoms with E-state index >= 15 is 0 Å². The summed E-state index contributed by atoms with van der Waals surface area (Å²) in [7, 11) is 0. The third kappa shape index (κ3) is 6.55. The van der Waals surface area contributed by atoms with Gasteiger partial charge in [-0.15, -0.1) is 0 Å². The van der Waals surface area contributed by atoms with Gasteiger partial charge in [-0.05, 0) is 20.3 Å². The number of hydrogen-bond acceptors (Lipinski definition) is 3. The van der Waals surface area contributed by atoms with Crippen molar-refractivity contribution in [2.24, 2.45) is 5.41 Å². The first-order chi connectivity index (χ1) is 7.79. The fourth-order valence-electron chi connectivity index (χ4n) is 1.07. The van der Waals surface area contributed by atoms with E-state index in [0.29, 0.717) is 6.54 Å². The van der Waals surface area contributed by atoms with Crippen LogP contribution in [0.15, 0.2) is 0 Å². The van der Waals surface area contributed by atoms with Crippen molar-refractivity contribution in [2.45, 2.75) is 40.0 Å². The smallest absolute Gasteiger partial charge is 0.321 e. The summed E-state index contributed by atoms with van der Waals surface area (Å²) >= 11 is 0. The lowest BCUT2D eigenvalue weighted by Gasteiger charge is -2.17. The van der Waals surface area contributed by atoms with E-state index in [0.717, 1.165) is 12.8 Å². The van der Waals surface area contributed by atoms with E-state index in [2.05, 4.69) is 10.6 Å². The Morgan fingerprint density at radius 2 is 1.82 bits per heavy atom. The monoisotopic (exact) mass is 244 g/mol. The van der Waals surface area contributed by atoms with Crippen LogP contribution in [0.1, 0.15) is 40.0 Å². The van der Waals surface area contributed by atoms with Crippen LogP contribution in [0.2, 0.25) is 0 Å². The van der Waals surface area contributed by atoms with Gasteiger partial charge in [0.2, 0.25) is 5.91 Å². The first kappa shape index (κ1) is 15.4. The van der Waals surface area contributed by atoms with Gasteiger partial charge in [0.05, 0.1) is 5.41 Å². The number of urea groups is 1. The summed E-state index contributed by atoms with van der Waals surface area (Å²) in [6, 6.07) is -0.579. The van der Waals surface area contributed by atoms with E-state index in [1.54, 1.807) is 0 Å². The fraction of sp³-hybridized carbons (Fsp3) is 0.727. The number of carboxylic acids is 1. The molecule has 0 spiro atoms. The molecule has 0 aliphatic heterocycles. The first-order valence-electron chi connectivity index (χ1n) is 5.60. The van der Waals surface area contributed by atoms with Gasteiger partial charge in [-0.25, -0.2) is 4.79 Å². The minimum atomic E-state index is -1.17. The second-order valence-corrected chi connectivity index (χ2v) is 4.52. The van der Waals surface area contributed by atoms with E-state index in [9.17, 15) is 14.4 Å². The van der Waals surface area contributed by atoms with Gasteiger partial charge in [-0.2, -0.15) is 0 Å². The molecule has 0 rings (SSSR count). The summed E-state index contributed by atoms with van der Waals surface area (Å²) in [6.07, 6.45) is 1.55. The highest BCUT2D eigenvalue weighted by molar-refractivity contribution is 5.96. The van der Waals surface area contributed by atoms with Crippen molar-refractivity contribution in [1.82, 2.24) is 10.6 Å². The summed E-state index contributed by atoms with van der Waals surface area (Å²) in [6.45, 7) is 5.35. The second kappa shape index (κ2) is 6.88. The second-order valence-electron chi connectivity index (χ2n) is 4.52. The van der Waals surface area contributed by atoms with Crippen molar-refractivity contribution < 1.29 is 19.5 Å². The number of rotatable bonds is 6. The van der Waals surface area contributed by atoms with E-state index in [4.69, 9.17) is 5.11 Å². The molecular weight excluding hydrogens is 224 g/mol. The van der Waals surface area contributed by atoms with E-state index in [1.807, 2.05) is 6.92 Å². The van der Waals surface area contributed by atoms with Crippen molar-refractivity contribution in [3.05, 3.63) is 0 Å². The van der Waals surface area contributed by atoms with Gasteiger partial charge in [0.1, 0.15) is 0 Å². The highest BCUT2D eigenvalue weighted by Gasteiger charge is 2.30. The molecule has 0 aromatic heterocycles. The Morgan fingerprint density at radius 3 is 2.29 bits per heavy atom. The molecule has 0 aromatic carbocycles. The molecule has 0 aliphatic rings. The van der Waals surface area contributed by atoms with Crippen molar-refractivity contribution in [3.8, 4) is 0 Å². The molecule has 3 N–H and O–H groups in total. The fourth-order valence-corrected chi connectivity index (χ4v) is 1.07. The average molecular weight is 244 g/mol. The number of carbonyl (C=O) groups is 3. The summed E-state index contributed by atoms with van der Waals surface area (Å²) in [4.78, 5) is 33.3. The number of amides is 3. The molecule has 6 nitrogen and oxygen atoms in total. The first-order valence-corrected chi connectivity index (χ1v) is 5.60. The quantitative estimate of drug-likeness (QED) is 0.610. The number of nitrogens with one attached hydrogen (secondary N) is 2. The van der Waals surface area contributed by atoms with Gasteiger partial charge in [-0.3, -0.25) is 14.9 Å². The molecule has 98 valence electrons.